The fraction of sp³-hybridized carbons (Fsp3) is 0.0476. The molecule has 1 N–H and O–H groups in total. The van der Waals surface area contributed by atoms with Crippen molar-refractivity contribution in [3.8, 4) is 17.2 Å². The Morgan fingerprint density at radius 2 is 1.84 bits per heavy atom. The standard InChI is InChI=1S/C21H16N2O2/c1-14-6-4-11-19-20(14)23-21(25-19)15-8-5-9-17(12-15)22-13-16-7-2-3-10-18(16)24/h2-13,24H,1H3. The van der Waals surface area contributed by atoms with Gasteiger partial charge in [0, 0.05) is 17.3 Å². The minimum atomic E-state index is 0.205. The molecule has 4 rings (SSSR count). The number of aromatic nitrogens is 1. The number of benzene rings is 3. The van der Waals surface area contributed by atoms with Gasteiger partial charge < -0.3 is 9.52 Å². The van der Waals surface area contributed by atoms with Gasteiger partial charge in [-0.1, -0.05) is 30.3 Å². The number of fused-ring (bicyclic) bond motifs is 1. The second-order valence-corrected chi connectivity index (χ2v) is 5.81. The molecule has 4 aromatic rings. The van der Waals surface area contributed by atoms with Crippen molar-refractivity contribution in [2.75, 3.05) is 0 Å². The summed E-state index contributed by atoms with van der Waals surface area (Å²) in [5.74, 6) is 0.778. The Balaban J connectivity index is 1.69. The van der Waals surface area contributed by atoms with Crippen LogP contribution in [0, 0.1) is 6.92 Å². The number of para-hydroxylation sites is 2. The number of rotatable bonds is 3. The maximum absolute atomic E-state index is 9.81. The summed E-state index contributed by atoms with van der Waals surface area (Å²) in [7, 11) is 0. The van der Waals surface area contributed by atoms with Gasteiger partial charge in [0.05, 0.1) is 5.69 Å². The summed E-state index contributed by atoms with van der Waals surface area (Å²) >= 11 is 0. The van der Waals surface area contributed by atoms with Crippen LogP contribution < -0.4 is 0 Å². The molecule has 0 atom stereocenters. The van der Waals surface area contributed by atoms with Crippen molar-refractivity contribution in [3.63, 3.8) is 0 Å². The van der Waals surface area contributed by atoms with Gasteiger partial charge in [0.2, 0.25) is 5.89 Å². The van der Waals surface area contributed by atoms with Crippen molar-refractivity contribution in [2.45, 2.75) is 6.92 Å². The molecule has 0 amide bonds. The van der Waals surface area contributed by atoms with E-state index in [0.29, 0.717) is 11.5 Å². The lowest BCUT2D eigenvalue weighted by molar-refractivity contribution is 0.474. The van der Waals surface area contributed by atoms with E-state index in [1.54, 1.807) is 18.3 Å². The zero-order chi connectivity index (χ0) is 17.2. The van der Waals surface area contributed by atoms with Crippen LogP contribution in [0.25, 0.3) is 22.6 Å². The molecule has 4 heteroatoms. The predicted molar refractivity (Wildman–Crippen MR) is 99.5 cm³/mol. The first-order valence-corrected chi connectivity index (χ1v) is 7.99. The molecule has 0 saturated carbocycles. The van der Waals surface area contributed by atoms with Crippen LogP contribution >= 0.6 is 0 Å². The second-order valence-electron chi connectivity index (χ2n) is 5.81. The average molecular weight is 328 g/mol. The second kappa shape index (κ2) is 6.24. The van der Waals surface area contributed by atoms with E-state index < -0.39 is 0 Å². The van der Waals surface area contributed by atoms with Crippen LogP contribution in [0.15, 0.2) is 76.1 Å². The lowest BCUT2D eigenvalue weighted by Gasteiger charge is -1.99. The topological polar surface area (TPSA) is 58.6 Å². The highest BCUT2D eigenvalue weighted by Gasteiger charge is 2.10. The largest absolute Gasteiger partial charge is 0.507 e. The van der Waals surface area contributed by atoms with Crippen LogP contribution in [-0.4, -0.2) is 16.3 Å². The summed E-state index contributed by atoms with van der Waals surface area (Å²) in [5.41, 5.74) is 5.03. The number of aromatic hydroxyl groups is 1. The van der Waals surface area contributed by atoms with Crippen LogP contribution in [0.5, 0.6) is 5.75 Å². The number of phenols is 1. The number of aliphatic imine (C=N–C) groups is 1. The molecule has 1 aromatic heterocycles. The molecular formula is C21H16N2O2. The van der Waals surface area contributed by atoms with Gasteiger partial charge in [0.15, 0.2) is 5.58 Å². The van der Waals surface area contributed by atoms with Crippen LogP contribution in [0.4, 0.5) is 5.69 Å². The molecule has 0 spiro atoms. The summed E-state index contributed by atoms with van der Waals surface area (Å²) in [6.07, 6.45) is 1.64. The van der Waals surface area contributed by atoms with Gasteiger partial charge >= 0.3 is 0 Å². The number of aryl methyl sites for hydroxylation is 1. The van der Waals surface area contributed by atoms with E-state index in [1.807, 2.05) is 61.5 Å². The fourth-order valence-corrected chi connectivity index (χ4v) is 2.67. The molecular weight excluding hydrogens is 312 g/mol. The van der Waals surface area contributed by atoms with Crippen LogP contribution in [-0.2, 0) is 0 Å². The molecule has 0 aliphatic rings. The van der Waals surface area contributed by atoms with E-state index in [9.17, 15) is 5.11 Å². The van der Waals surface area contributed by atoms with Gasteiger partial charge in [-0.25, -0.2) is 4.98 Å². The highest BCUT2D eigenvalue weighted by Crippen LogP contribution is 2.28. The third-order valence-electron chi connectivity index (χ3n) is 4.00. The number of hydrogen-bond acceptors (Lipinski definition) is 4. The lowest BCUT2D eigenvalue weighted by atomic mass is 10.2. The molecule has 25 heavy (non-hydrogen) atoms. The minimum absolute atomic E-state index is 0.205. The van der Waals surface area contributed by atoms with E-state index in [0.717, 1.165) is 27.9 Å². The Bertz CT molecular complexity index is 1080. The third-order valence-corrected chi connectivity index (χ3v) is 4.00. The molecule has 3 aromatic carbocycles. The van der Waals surface area contributed by atoms with Gasteiger partial charge in [-0.05, 0) is 48.9 Å². The Morgan fingerprint density at radius 1 is 1.00 bits per heavy atom. The highest BCUT2D eigenvalue weighted by atomic mass is 16.3. The first-order chi connectivity index (χ1) is 12.2. The monoisotopic (exact) mass is 328 g/mol. The van der Waals surface area contributed by atoms with Crippen molar-refractivity contribution in [1.29, 1.82) is 0 Å². The van der Waals surface area contributed by atoms with E-state index in [1.165, 1.54) is 0 Å². The minimum Gasteiger partial charge on any atom is -0.507 e. The molecule has 122 valence electrons. The molecule has 0 radical (unpaired) electrons. The molecule has 0 unspecified atom stereocenters. The lowest BCUT2D eigenvalue weighted by Crippen LogP contribution is -1.81. The maximum Gasteiger partial charge on any atom is 0.227 e. The normalized spacial score (nSPS) is 11.4. The van der Waals surface area contributed by atoms with E-state index in [4.69, 9.17) is 4.42 Å². The molecule has 0 bridgehead atoms. The van der Waals surface area contributed by atoms with Crippen LogP contribution in [0.1, 0.15) is 11.1 Å². The SMILES string of the molecule is Cc1cccc2oc(-c3cccc(N=Cc4ccccc4O)c3)nc12. The van der Waals surface area contributed by atoms with Gasteiger partial charge in [0.25, 0.3) is 0 Å². The van der Waals surface area contributed by atoms with E-state index in [2.05, 4.69) is 9.98 Å². The number of oxazole rings is 1. The Labute approximate surface area is 145 Å². The fourth-order valence-electron chi connectivity index (χ4n) is 2.67. The number of nitrogens with zero attached hydrogens (tertiary/aromatic N) is 2. The third kappa shape index (κ3) is 3.02. The van der Waals surface area contributed by atoms with Crippen molar-refractivity contribution in [2.24, 2.45) is 4.99 Å². The first-order valence-electron chi connectivity index (χ1n) is 7.99. The van der Waals surface area contributed by atoms with Crippen molar-refractivity contribution >= 4 is 23.0 Å². The van der Waals surface area contributed by atoms with Crippen LogP contribution in [0.3, 0.4) is 0 Å². The molecule has 0 aliphatic heterocycles. The zero-order valence-electron chi connectivity index (χ0n) is 13.7. The molecule has 1 heterocycles. The molecule has 0 fully saturated rings. The van der Waals surface area contributed by atoms with Gasteiger partial charge in [-0.15, -0.1) is 0 Å². The van der Waals surface area contributed by atoms with Gasteiger partial charge in [0.1, 0.15) is 11.3 Å². The van der Waals surface area contributed by atoms with Gasteiger partial charge in [-0.2, -0.15) is 0 Å². The Kier molecular flexibility index (Phi) is 3.78. The quantitative estimate of drug-likeness (QED) is 0.522. The maximum atomic E-state index is 9.81. The molecule has 0 aliphatic carbocycles. The van der Waals surface area contributed by atoms with Crippen molar-refractivity contribution in [1.82, 2.24) is 4.98 Å². The van der Waals surface area contributed by atoms with E-state index in [-0.39, 0.29) is 5.75 Å². The summed E-state index contributed by atoms with van der Waals surface area (Å²) in [6.45, 7) is 2.02. The number of hydrogen-bond donors (Lipinski definition) is 1. The summed E-state index contributed by atoms with van der Waals surface area (Å²) in [4.78, 5) is 9.04. The van der Waals surface area contributed by atoms with Crippen molar-refractivity contribution in [3.05, 3.63) is 77.9 Å². The predicted octanol–water partition coefficient (Wildman–Crippen LogP) is 5.26. The summed E-state index contributed by atoms with van der Waals surface area (Å²) in [5, 5.41) is 9.81. The molecule has 0 saturated heterocycles. The first kappa shape index (κ1) is 15.1. The van der Waals surface area contributed by atoms with Gasteiger partial charge in [-0.3, -0.25) is 4.99 Å². The Morgan fingerprint density at radius 3 is 2.68 bits per heavy atom. The van der Waals surface area contributed by atoms with Crippen molar-refractivity contribution < 1.29 is 9.52 Å². The molecule has 4 nitrogen and oxygen atoms in total. The summed E-state index contributed by atoms with van der Waals surface area (Å²) in [6, 6.07) is 20.6. The smallest absolute Gasteiger partial charge is 0.227 e. The summed E-state index contributed by atoms with van der Waals surface area (Å²) < 4.78 is 5.87. The number of phenolic OH excluding ortho intramolecular Hbond substituents is 1. The average Bonchev–Trinajstić information content (AvgIpc) is 3.07. The van der Waals surface area contributed by atoms with Crippen LogP contribution in [0.2, 0.25) is 0 Å². The van der Waals surface area contributed by atoms with E-state index >= 15 is 0 Å². The Hall–Kier alpha value is -3.40. The zero-order valence-corrected chi connectivity index (χ0v) is 13.7. The highest BCUT2D eigenvalue weighted by molar-refractivity contribution is 5.85.